The summed E-state index contributed by atoms with van der Waals surface area (Å²) in [6, 6.07) is 6.56. The number of halogens is 1. The van der Waals surface area contributed by atoms with Crippen molar-refractivity contribution in [2.45, 2.75) is 104 Å². The van der Waals surface area contributed by atoms with Crippen LogP contribution >= 0.6 is 15.9 Å². The van der Waals surface area contributed by atoms with Gasteiger partial charge in [0.2, 0.25) is 0 Å². The molecular weight excluding hydrogens is 420 g/mol. The second kappa shape index (κ2) is 14.7. The van der Waals surface area contributed by atoms with Crippen molar-refractivity contribution in [1.82, 2.24) is 9.97 Å². The van der Waals surface area contributed by atoms with Crippen LogP contribution in [0.25, 0.3) is 11.4 Å². The molecule has 0 radical (unpaired) electrons. The molecule has 0 saturated heterocycles. The molecule has 0 spiro atoms. The Hall–Kier alpha value is -1.22. The SMILES string of the molecule is CCCCCCCCc1cccnc1-c1ncc(Br)cc1CCCCCCCC. The summed E-state index contributed by atoms with van der Waals surface area (Å²) in [5, 5.41) is 0. The molecule has 0 aliphatic carbocycles. The van der Waals surface area contributed by atoms with Gasteiger partial charge in [-0.15, -0.1) is 0 Å². The van der Waals surface area contributed by atoms with E-state index in [4.69, 9.17) is 9.97 Å². The van der Waals surface area contributed by atoms with E-state index in [2.05, 4.69) is 48.0 Å². The van der Waals surface area contributed by atoms with Gasteiger partial charge in [-0.1, -0.05) is 84.1 Å². The summed E-state index contributed by atoms with van der Waals surface area (Å²) in [5.74, 6) is 0. The molecule has 2 aromatic heterocycles. The maximum atomic E-state index is 4.80. The van der Waals surface area contributed by atoms with Gasteiger partial charge in [0.1, 0.15) is 0 Å². The van der Waals surface area contributed by atoms with E-state index >= 15 is 0 Å². The van der Waals surface area contributed by atoms with Crippen LogP contribution in [-0.4, -0.2) is 9.97 Å². The Balaban J connectivity index is 2.01. The quantitative estimate of drug-likeness (QED) is 0.249. The fourth-order valence-corrected chi connectivity index (χ4v) is 4.31. The normalized spacial score (nSPS) is 11.1. The minimum atomic E-state index is 1.07. The molecule has 0 aliphatic heterocycles. The van der Waals surface area contributed by atoms with Gasteiger partial charge in [-0.25, -0.2) is 0 Å². The van der Waals surface area contributed by atoms with Crippen LogP contribution in [0.4, 0.5) is 0 Å². The van der Waals surface area contributed by atoms with Gasteiger partial charge in [0.05, 0.1) is 11.4 Å². The van der Waals surface area contributed by atoms with Gasteiger partial charge < -0.3 is 0 Å². The molecule has 160 valence electrons. The number of hydrogen-bond acceptors (Lipinski definition) is 2. The number of unbranched alkanes of at least 4 members (excludes halogenated alkanes) is 10. The summed E-state index contributed by atoms with van der Waals surface area (Å²) in [6.07, 6.45) is 21.9. The van der Waals surface area contributed by atoms with E-state index in [-0.39, 0.29) is 0 Å². The average Bonchev–Trinajstić information content (AvgIpc) is 2.74. The second-order valence-corrected chi connectivity index (χ2v) is 9.12. The lowest BCUT2D eigenvalue weighted by atomic mass is 9.98. The third-order valence-corrected chi connectivity index (χ3v) is 6.08. The van der Waals surface area contributed by atoms with Crippen LogP contribution in [-0.2, 0) is 12.8 Å². The van der Waals surface area contributed by atoms with E-state index in [1.807, 2.05) is 12.4 Å². The maximum Gasteiger partial charge on any atom is 0.0921 e. The number of rotatable bonds is 15. The monoisotopic (exact) mass is 458 g/mol. The van der Waals surface area contributed by atoms with Gasteiger partial charge in [0, 0.05) is 16.9 Å². The fourth-order valence-electron chi connectivity index (χ4n) is 3.93. The van der Waals surface area contributed by atoms with Crippen molar-refractivity contribution in [1.29, 1.82) is 0 Å². The number of nitrogens with zero attached hydrogens (tertiary/aromatic N) is 2. The van der Waals surface area contributed by atoms with Crippen molar-refractivity contribution >= 4 is 15.9 Å². The Morgan fingerprint density at radius 2 is 1.24 bits per heavy atom. The molecule has 0 N–H and O–H groups in total. The van der Waals surface area contributed by atoms with Gasteiger partial charge >= 0.3 is 0 Å². The molecule has 0 unspecified atom stereocenters. The molecule has 2 heterocycles. The molecule has 0 aromatic carbocycles. The predicted octanol–water partition coefficient (Wildman–Crippen LogP) is 8.71. The summed E-state index contributed by atoms with van der Waals surface area (Å²) in [7, 11) is 0. The lowest BCUT2D eigenvalue weighted by Gasteiger charge is -2.13. The first-order valence-corrected chi connectivity index (χ1v) is 12.6. The molecule has 2 rings (SSSR count). The maximum absolute atomic E-state index is 4.80. The Morgan fingerprint density at radius 3 is 1.90 bits per heavy atom. The minimum absolute atomic E-state index is 1.07. The van der Waals surface area contributed by atoms with Crippen molar-refractivity contribution in [3.8, 4) is 11.4 Å². The summed E-state index contributed by atoms with van der Waals surface area (Å²) in [5.41, 5.74) is 4.86. The largest absolute Gasteiger partial charge is 0.254 e. The zero-order valence-electron chi connectivity index (χ0n) is 18.6. The van der Waals surface area contributed by atoms with Crippen LogP contribution in [0.2, 0.25) is 0 Å². The average molecular weight is 460 g/mol. The highest BCUT2D eigenvalue weighted by atomic mass is 79.9. The van der Waals surface area contributed by atoms with Crippen molar-refractivity contribution in [2.75, 3.05) is 0 Å². The number of aryl methyl sites for hydroxylation is 2. The van der Waals surface area contributed by atoms with Crippen LogP contribution < -0.4 is 0 Å². The molecule has 3 heteroatoms. The summed E-state index contributed by atoms with van der Waals surface area (Å²) < 4.78 is 1.07. The van der Waals surface area contributed by atoms with Crippen molar-refractivity contribution < 1.29 is 0 Å². The van der Waals surface area contributed by atoms with Gasteiger partial charge in [-0.2, -0.15) is 0 Å². The topological polar surface area (TPSA) is 25.8 Å². The van der Waals surface area contributed by atoms with Gasteiger partial charge in [0.25, 0.3) is 0 Å². The Bertz CT molecular complexity index is 699. The van der Waals surface area contributed by atoms with E-state index in [0.717, 1.165) is 28.7 Å². The third-order valence-electron chi connectivity index (χ3n) is 5.65. The highest BCUT2D eigenvalue weighted by Gasteiger charge is 2.13. The third kappa shape index (κ3) is 8.99. The first-order valence-electron chi connectivity index (χ1n) is 11.8. The number of aromatic nitrogens is 2. The van der Waals surface area contributed by atoms with Gasteiger partial charge in [0.15, 0.2) is 0 Å². The summed E-state index contributed by atoms with van der Waals surface area (Å²) >= 11 is 3.62. The molecule has 0 saturated carbocycles. The Morgan fingerprint density at radius 1 is 0.690 bits per heavy atom. The van der Waals surface area contributed by atoms with E-state index < -0.39 is 0 Å². The lowest BCUT2D eigenvalue weighted by molar-refractivity contribution is 0.606. The molecule has 0 bridgehead atoms. The van der Waals surface area contributed by atoms with E-state index in [1.165, 1.54) is 88.2 Å². The summed E-state index contributed by atoms with van der Waals surface area (Å²) in [4.78, 5) is 9.56. The standard InChI is InChI=1S/C26H39BrN2/c1-3-5-7-9-11-13-16-22-18-15-19-28-25(22)26-23(20-24(27)21-29-26)17-14-12-10-8-6-4-2/h15,18-21H,3-14,16-17H2,1-2H3. The van der Waals surface area contributed by atoms with Crippen molar-refractivity contribution in [3.05, 3.63) is 46.2 Å². The molecule has 0 fully saturated rings. The lowest BCUT2D eigenvalue weighted by Crippen LogP contribution is -2.00. The highest BCUT2D eigenvalue weighted by Crippen LogP contribution is 2.28. The van der Waals surface area contributed by atoms with E-state index in [1.54, 1.807) is 0 Å². The fraction of sp³-hybridized carbons (Fsp3) is 0.615. The van der Waals surface area contributed by atoms with Gasteiger partial charge in [-0.05, 0) is 64.9 Å². The van der Waals surface area contributed by atoms with Crippen LogP contribution in [0.15, 0.2) is 35.1 Å². The number of hydrogen-bond donors (Lipinski definition) is 0. The zero-order valence-corrected chi connectivity index (χ0v) is 20.1. The molecule has 2 nitrogen and oxygen atoms in total. The predicted molar refractivity (Wildman–Crippen MR) is 129 cm³/mol. The van der Waals surface area contributed by atoms with Crippen molar-refractivity contribution in [3.63, 3.8) is 0 Å². The van der Waals surface area contributed by atoms with E-state index in [0.29, 0.717) is 0 Å². The molecular formula is C26H39BrN2. The van der Waals surface area contributed by atoms with E-state index in [9.17, 15) is 0 Å². The van der Waals surface area contributed by atoms with Crippen LogP contribution in [0.1, 0.15) is 102 Å². The van der Waals surface area contributed by atoms with Crippen LogP contribution in [0, 0.1) is 0 Å². The minimum Gasteiger partial charge on any atom is -0.254 e. The molecule has 29 heavy (non-hydrogen) atoms. The summed E-state index contributed by atoms with van der Waals surface area (Å²) in [6.45, 7) is 4.55. The molecule has 0 aliphatic rings. The first-order chi connectivity index (χ1) is 14.3. The highest BCUT2D eigenvalue weighted by molar-refractivity contribution is 9.10. The zero-order chi connectivity index (χ0) is 20.7. The van der Waals surface area contributed by atoms with Crippen LogP contribution in [0.3, 0.4) is 0 Å². The van der Waals surface area contributed by atoms with Crippen molar-refractivity contribution in [2.24, 2.45) is 0 Å². The smallest absolute Gasteiger partial charge is 0.0921 e. The first kappa shape index (κ1) is 24.1. The molecule has 0 amide bonds. The van der Waals surface area contributed by atoms with Gasteiger partial charge in [-0.3, -0.25) is 9.97 Å². The molecule has 0 atom stereocenters. The Labute approximate surface area is 187 Å². The second-order valence-electron chi connectivity index (χ2n) is 8.21. The van der Waals surface area contributed by atoms with Crippen LogP contribution in [0.5, 0.6) is 0 Å². The Kier molecular flexibility index (Phi) is 12.2. The number of pyridine rings is 2. The molecule has 2 aromatic rings.